The van der Waals surface area contributed by atoms with Crippen molar-refractivity contribution in [1.29, 1.82) is 0 Å². The average Bonchev–Trinajstić information content (AvgIpc) is 3.15. The van der Waals surface area contributed by atoms with Crippen LogP contribution in [0, 0.1) is 11.6 Å². The van der Waals surface area contributed by atoms with Crippen molar-refractivity contribution in [2.75, 3.05) is 29.5 Å². The van der Waals surface area contributed by atoms with Crippen molar-refractivity contribution >= 4 is 23.1 Å². The molecule has 142 valence electrons. The number of hydrogen-bond donors (Lipinski definition) is 3. The summed E-state index contributed by atoms with van der Waals surface area (Å²) in [6.45, 7) is 1.10. The van der Waals surface area contributed by atoms with E-state index in [2.05, 4.69) is 25.6 Å². The lowest BCUT2D eigenvalue weighted by atomic mass is 10.1. The van der Waals surface area contributed by atoms with E-state index in [4.69, 9.17) is 5.73 Å². The topological polar surface area (TPSA) is 93.2 Å². The maximum Gasteiger partial charge on any atom is 0.209 e. The number of fused-ring (bicyclic) bond motifs is 1. The molecule has 9 heteroatoms. The van der Waals surface area contributed by atoms with E-state index in [1.165, 1.54) is 12.1 Å². The van der Waals surface area contributed by atoms with Gasteiger partial charge in [0, 0.05) is 43.2 Å². The highest BCUT2D eigenvalue weighted by Gasteiger charge is 2.12. The van der Waals surface area contributed by atoms with Crippen LogP contribution in [0.2, 0.25) is 0 Å². The molecule has 0 aliphatic rings. The van der Waals surface area contributed by atoms with Crippen LogP contribution in [0.5, 0.6) is 0 Å². The third kappa shape index (κ3) is 3.68. The molecule has 0 aliphatic carbocycles. The highest BCUT2D eigenvalue weighted by atomic mass is 19.1. The van der Waals surface area contributed by atoms with E-state index in [1.807, 2.05) is 0 Å². The van der Waals surface area contributed by atoms with Crippen molar-refractivity contribution in [3.63, 3.8) is 0 Å². The molecule has 0 saturated carbocycles. The van der Waals surface area contributed by atoms with Crippen LogP contribution in [-0.2, 0) is 0 Å². The normalized spacial score (nSPS) is 10.9. The second-order valence-corrected chi connectivity index (χ2v) is 6.07. The van der Waals surface area contributed by atoms with Crippen LogP contribution in [0.1, 0.15) is 0 Å². The number of aromatic nitrogens is 4. The lowest BCUT2D eigenvalue weighted by Crippen LogP contribution is -2.17. The van der Waals surface area contributed by atoms with Crippen LogP contribution in [-0.4, -0.2) is 32.4 Å². The molecule has 4 aromatic rings. The quantitative estimate of drug-likeness (QED) is 0.444. The van der Waals surface area contributed by atoms with Gasteiger partial charge in [-0.2, -0.15) is 0 Å². The highest BCUT2D eigenvalue weighted by Crippen LogP contribution is 2.24. The monoisotopic (exact) mass is 381 g/mol. The van der Waals surface area contributed by atoms with Crippen molar-refractivity contribution in [3.05, 3.63) is 66.6 Å². The predicted molar refractivity (Wildman–Crippen MR) is 104 cm³/mol. The minimum atomic E-state index is -0.676. The number of hydrogen-bond acceptors (Lipinski definition) is 6. The second kappa shape index (κ2) is 7.47. The van der Waals surface area contributed by atoms with Crippen LogP contribution in [0.15, 0.2) is 55.0 Å². The second-order valence-electron chi connectivity index (χ2n) is 6.07. The summed E-state index contributed by atoms with van der Waals surface area (Å²) < 4.78 is 29.1. The number of rotatable bonds is 6. The summed E-state index contributed by atoms with van der Waals surface area (Å²) in [5.41, 5.74) is 7.39. The van der Waals surface area contributed by atoms with E-state index in [9.17, 15) is 8.78 Å². The van der Waals surface area contributed by atoms with E-state index in [1.54, 1.807) is 41.2 Å². The van der Waals surface area contributed by atoms with Gasteiger partial charge in [0.15, 0.2) is 0 Å². The molecule has 4 N–H and O–H groups in total. The standard InChI is InChI=1S/C19H17F2N7/c20-12-1-3-14(15(21)9-12)16-10-18-24-7-8-28(18)19(27-16)25-6-5-23-17-4-2-13(22)11-26-17/h1-4,7-11H,5-6,22H2,(H,23,26)(H,25,27). The van der Waals surface area contributed by atoms with E-state index in [-0.39, 0.29) is 5.56 Å². The van der Waals surface area contributed by atoms with E-state index < -0.39 is 11.6 Å². The zero-order valence-electron chi connectivity index (χ0n) is 14.7. The van der Waals surface area contributed by atoms with Gasteiger partial charge in [0.25, 0.3) is 0 Å². The van der Waals surface area contributed by atoms with Gasteiger partial charge < -0.3 is 16.4 Å². The number of halogens is 2. The SMILES string of the molecule is Nc1ccc(NCCNc2nc(-c3ccc(F)cc3F)cc3nccn23)nc1. The van der Waals surface area contributed by atoms with Crippen molar-refractivity contribution in [1.82, 2.24) is 19.4 Å². The van der Waals surface area contributed by atoms with E-state index in [0.717, 1.165) is 6.07 Å². The maximum atomic E-state index is 14.2. The molecule has 4 rings (SSSR count). The lowest BCUT2D eigenvalue weighted by Gasteiger charge is -2.12. The van der Waals surface area contributed by atoms with Crippen molar-refractivity contribution in [3.8, 4) is 11.3 Å². The smallest absolute Gasteiger partial charge is 0.209 e. The van der Waals surface area contributed by atoms with Crippen LogP contribution in [0.4, 0.5) is 26.2 Å². The third-order valence-corrected chi connectivity index (χ3v) is 4.10. The van der Waals surface area contributed by atoms with Gasteiger partial charge in [0.1, 0.15) is 23.1 Å². The molecule has 0 bridgehead atoms. The summed E-state index contributed by atoms with van der Waals surface area (Å²) in [6, 6.07) is 8.61. The Morgan fingerprint density at radius 2 is 1.86 bits per heavy atom. The number of nitrogens with two attached hydrogens (primary N) is 1. The Morgan fingerprint density at radius 1 is 1.00 bits per heavy atom. The average molecular weight is 381 g/mol. The molecule has 0 saturated heterocycles. The van der Waals surface area contributed by atoms with Gasteiger partial charge >= 0.3 is 0 Å². The third-order valence-electron chi connectivity index (χ3n) is 4.10. The molecule has 0 unspecified atom stereocenters. The molecule has 0 radical (unpaired) electrons. The Kier molecular flexibility index (Phi) is 4.71. The van der Waals surface area contributed by atoms with Crippen molar-refractivity contribution < 1.29 is 8.78 Å². The predicted octanol–water partition coefficient (Wildman–Crippen LogP) is 3.18. The summed E-state index contributed by atoms with van der Waals surface area (Å²) >= 11 is 0. The highest BCUT2D eigenvalue weighted by molar-refractivity contribution is 5.66. The number of nitrogen functional groups attached to an aromatic ring is 1. The van der Waals surface area contributed by atoms with Gasteiger partial charge in [-0.25, -0.2) is 23.7 Å². The van der Waals surface area contributed by atoms with Gasteiger partial charge in [0.05, 0.1) is 17.6 Å². The zero-order valence-corrected chi connectivity index (χ0v) is 14.7. The van der Waals surface area contributed by atoms with Crippen LogP contribution in [0.3, 0.4) is 0 Å². The molecular weight excluding hydrogens is 364 g/mol. The fourth-order valence-corrected chi connectivity index (χ4v) is 2.76. The van der Waals surface area contributed by atoms with E-state index >= 15 is 0 Å². The molecule has 7 nitrogen and oxygen atoms in total. The molecule has 0 amide bonds. The molecule has 3 heterocycles. The Bertz CT molecular complexity index is 1110. The summed E-state index contributed by atoms with van der Waals surface area (Å²) in [7, 11) is 0. The van der Waals surface area contributed by atoms with Crippen LogP contribution < -0.4 is 16.4 Å². The largest absolute Gasteiger partial charge is 0.397 e. The number of benzene rings is 1. The van der Waals surface area contributed by atoms with Crippen molar-refractivity contribution in [2.24, 2.45) is 0 Å². The Labute approximate surface area is 159 Å². The fourth-order valence-electron chi connectivity index (χ4n) is 2.76. The molecular formula is C19H17F2N7. The van der Waals surface area contributed by atoms with Gasteiger partial charge in [-0.3, -0.25) is 4.40 Å². The fraction of sp³-hybridized carbons (Fsp3) is 0.105. The van der Waals surface area contributed by atoms with Gasteiger partial charge in [-0.1, -0.05) is 0 Å². The summed E-state index contributed by atoms with van der Waals surface area (Å²) in [5.74, 6) is -0.103. The van der Waals surface area contributed by atoms with Crippen molar-refractivity contribution in [2.45, 2.75) is 0 Å². The summed E-state index contributed by atoms with van der Waals surface area (Å²) in [5, 5.41) is 6.36. The first-order chi connectivity index (χ1) is 13.6. The minimum Gasteiger partial charge on any atom is -0.397 e. The van der Waals surface area contributed by atoms with E-state index in [0.29, 0.717) is 41.9 Å². The molecule has 0 spiro atoms. The number of nitrogens with one attached hydrogen (secondary N) is 2. The first-order valence-electron chi connectivity index (χ1n) is 8.59. The number of pyridine rings is 1. The number of anilines is 3. The first-order valence-corrected chi connectivity index (χ1v) is 8.59. The molecule has 1 aromatic carbocycles. The lowest BCUT2D eigenvalue weighted by molar-refractivity contribution is 0.585. The van der Waals surface area contributed by atoms with Crippen LogP contribution in [0.25, 0.3) is 16.9 Å². The van der Waals surface area contributed by atoms with Crippen LogP contribution >= 0.6 is 0 Å². The maximum absolute atomic E-state index is 14.2. The first kappa shape index (κ1) is 17.7. The number of nitrogens with zero attached hydrogens (tertiary/aromatic N) is 4. The minimum absolute atomic E-state index is 0.208. The molecule has 0 atom stereocenters. The van der Waals surface area contributed by atoms with Gasteiger partial charge in [-0.15, -0.1) is 0 Å². The summed E-state index contributed by atoms with van der Waals surface area (Å²) in [4.78, 5) is 12.9. The van der Waals surface area contributed by atoms with Gasteiger partial charge in [0.2, 0.25) is 5.95 Å². The molecule has 0 fully saturated rings. The molecule has 0 aliphatic heterocycles. The Morgan fingerprint density at radius 3 is 2.64 bits per heavy atom. The summed E-state index contributed by atoms with van der Waals surface area (Å²) in [6.07, 6.45) is 4.96. The zero-order chi connectivity index (χ0) is 19.5. The Balaban J connectivity index is 1.53. The van der Waals surface area contributed by atoms with Gasteiger partial charge in [-0.05, 0) is 24.3 Å². The molecule has 28 heavy (non-hydrogen) atoms. The number of imidazole rings is 1. The Hall–Kier alpha value is -3.75. The molecule has 3 aromatic heterocycles.